The zero-order chi connectivity index (χ0) is 19.6. The van der Waals surface area contributed by atoms with E-state index in [1.54, 1.807) is 11.8 Å². The molecule has 3 rings (SSSR count). The van der Waals surface area contributed by atoms with E-state index in [-0.39, 0.29) is 12.0 Å². The number of hydrogen-bond donors (Lipinski definition) is 1. The molecule has 0 amide bonds. The van der Waals surface area contributed by atoms with Gasteiger partial charge in [-0.05, 0) is 12.8 Å². The van der Waals surface area contributed by atoms with Crippen LogP contribution >= 0.6 is 11.8 Å². The van der Waals surface area contributed by atoms with Gasteiger partial charge in [-0.25, -0.2) is 0 Å². The summed E-state index contributed by atoms with van der Waals surface area (Å²) in [5.41, 5.74) is 0. The predicted molar refractivity (Wildman–Crippen MR) is 97.0 cm³/mol. The summed E-state index contributed by atoms with van der Waals surface area (Å²) in [4.78, 5) is 34.8. The second kappa shape index (κ2) is 8.79. The predicted octanol–water partition coefficient (Wildman–Crippen LogP) is 1.15. The second-order valence-electron chi connectivity index (χ2n) is 7.25. The van der Waals surface area contributed by atoms with Crippen LogP contribution in [0.3, 0.4) is 0 Å². The number of hydrogen-bond acceptors (Lipinski definition) is 9. The van der Waals surface area contributed by atoms with Crippen LogP contribution in [-0.4, -0.2) is 65.6 Å². The van der Waals surface area contributed by atoms with Crippen LogP contribution in [0.4, 0.5) is 0 Å². The minimum Gasteiger partial charge on any atom is -0.456 e. The fourth-order valence-corrected chi connectivity index (χ4v) is 5.82. The third-order valence-corrected chi connectivity index (χ3v) is 6.70. The van der Waals surface area contributed by atoms with E-state index in [0.29, 0.717) is 11.3 Å². The lowest BCUT2D eigenvalue weighted by atomic mass is 9.94. The smallest absolute Gasteiger partial charge is 0.303 e. The van der Waals surface area contributed by atoms with E-state index >= 15 is 0 Å². The van der Waals surface area contributed by atoms with Crippen LogP contribution in [-0.2, 0) is 33.3 Å². The van der Waals surface area contributed by atoms with Crippen LogP contribution in [0.15, 0.2) is 0 Å². The fourth-order valence-electron chi connectivity index (χ4n) is 4.09. The first-order valence-corrected chi connectivity index (χ1v) is 10.3. The molecule has 0 bridgehead atoms. The van der Waals surface area contributed by atoms with Gasteiger partial charge >= 0.3 is 17.9 Å². The Morgan fingerprint density at radius 2 is 1.56 bits per heavy atom. The number of carbonyl (C=O) groups excluding carboxylic acids is 3. The Morgan fingerprint density at radius 3 is 2.19 bits per heavy atom. The molecule has 0 aromatic heterocycles. The Hall–Kier alpha value is -1.32. The van der Waals surface area contributed by atoms with E-state index in [0.717, 1.165) is 12.8 Å². The summed E-state index contributed by atoms with van der Waals surface area (Å²) in [7, 11) is 0. The van der Waals surface area contributed by atoms with Gasteiger partial charge in [0.1, 0.15) is 6.10 Å². The van der Waals surface area contributed by atoms with Gasteiger partial charge in [-0.1, -0.05) is 12.8 Å². The molecule has 1 aliphatic carbocycles. The summed E-state index contributed by atoms with van der Waals surface area (Å²) in [6.45, 7) is 3.93. The number of rotatable bonds is 4. The molecule has 8 nitrogen and oxygen atoms in total. The molecule has 2 aliphatic heterocycles. The zero-order valence-electron chi connectivity index (χ0n) is 15.8. The number of carbonyl (C=O) groups is 3. The molecule has 3 fully saturated rings. The first kappa shape index (κ1) is 20.4. The van der Waals surface area contributed by atoms with Crippen LogP contribution in [0.1, 0.15) is 46.5 Å². The van der Waals surface area contributed by atoms with E-state index in [1.165, 1.54) is 33.6 Å². The van der Waals surface area contributed by atoms with Crippen molar-refractivity contribution in [3.63, 3.8) is 0 Å². The van der Waals surface area contributed by atoms with Gasteiger partial charge in [-0.2, -0.15) is 0 Å². The highest BCUT2D eigenvalue weighted by Crippen LogP contribution is 2.41. The summed E-state index contributed by atoms with van der Waals surface area (Å²) in [5, 5.41) is 4.01. The van der Waals surface area contributed by atoms with Crippen LogP contribution in [0.25, 0.3) is 0 Å². The van der Waals surface area contributed by atoms with Crippen LogP contribution in [0.5, 0.6) is 0 Å². The molecule has 0 aromatic carbocycles. The summed E-state index contributed by atoms with van der Waals surface area (Å²) in [6.07, 6.45) is 1.60. The summed E-state index contributed by atoms with van der Waals surface area (Å²) < 4.78 is 22.2. The topological polar surface area (TPSA) is 100 Å². The second-order valence-corrected chi connectivity index (χ2v) is 8.63. The molecule has 7 atom stereocenters. The molecule has 9 heteroatoms. The molecule has 3 aliphatic rings. The average molecular weight is 401 g/mol. The lowest BCUT2D eigenvalue weighted by Gasteiger charge is -2.42. The van der Waals surface area contributed by atoms with Gasteiger partial charge in [0.25, 0.3) is 0 Å². The van der Waals surface area contributed by atoms with Crippen molar-refractivity contribution in [3.05, 3.63) is 0 Å². The third kappa shape index (κ3) is 4.94. The number of nitrogens with one attached hydrogen (secondary N) is 1. The standard InChI is InChI=1S/C18H27NO7S/c1-9(20)24-13-8-23-17(16(26-11(3)22)15(13)25-10(2)21)18-19-12-6-4-5-7-14(12)27-18/h12-19H,4-8H2,1-3H3/t12?,13-,14?,15-,16+,17+,18?/m1/s1. The summed E-state index contributed by atoms with van der Waals surface area (Å²) in [5.74, 6) is -1.55. The summed E-state index contributed by atoms with van der Waals surface area (Å²) >= 11 is 1.79. The highest BCUT2D eigenvalue weighted by molar-refractivity contribution is 8.00. The maximum atomic E-state index is 11.7. The molecular formula is C18H27NO7S. The van der Waals surface area contributed by atoms with E-state index in [9.17, 15) is 14.4 Å². The lowest BCUT2D eigenvalue weighted by molar-refractivity contribution is -0.226. The van der Waals surface area contributed by atoms with Crippen molar-refractivity contribution in [3.8, 4) is 0 Å². The number of esters is 3. The van der Waals surface area contributed by atoms with Crippen LogP contribution in [0.2, 0.25) is 0 Å². The SMILES string of the molecule is CC(=O)O[C@H]1[C@H](OC(C)=O)[C@H](OC(C)=O)CO[C@@H]1C1NC2CCCCC2S1. The van der Waals surface area contributed by atoms with Crippen LogP contribution in [0, 0.1) is 0 Å². The molecule has 0 aromatic rings. The fraction of sp³-hybridized carbons (Fsp3) is 0.833. The lowest BCUT2D eigenvalue weighted by Crippen LogP contribution is -2.61. The maximum absolute atomic E-state index is 11.7. The minimum absolute atomic E-state index is 0.0774. The molecule has 1 N–H and O–H groups in total. The van der Waals surface area contributed by atoms with E-state index in [4.69, 9.17) is 18.9 Å². The van der Waals surface area contributed by atoms with Crippen molar-refractivity contribution in [2.75, 3.05) is 6.61 Å². The van der Waals surface area contributed by atoms with Crippen molar-refractivity contribution in [2.24, 2.45) is 0 Å². The van der Waals surface area contributed by atoms with Gasteiger partial charge in [0.2, 0.25) is 0 Å². The van der Waals surface area contributed by atoms with Crippen molar-refractivity contribution in [2.45, 2.75) is 87.5 Å². The molecule has 152 valence electrons. The molecule has 2 heterocycles. The number of thioether (sulfide) groups is 1. The highest BCUT2D eigenvalue weighted by atomic mass is 32.2. The maximum Gasteiger partial charge on any atom is 0.303 e. The average Bonchev–Trinajstić information content (AvgIpc) is 3.00. The quantitative estimate of drug-likeness (QED) is 0.549. The largest absolute Gasteiger partial charge is 0.456 e. The third-order valence-electron chi connectivity index (χ3n) is 5.09. The first-order chi connectivity index (χ1) is 12.8. The highest BCUT2D eigenvalue weighted by Gasteiger charge is 2.52. The Kier molecular flexibility index (Phi) is 6.65. The van der Waals surface area contributed by atoms with Gasteiger partial charge in [0.15, 0.2) is 18.3 Å². The van der Waals surface area contributed by atoms with E-state index < -0.39 is 42.3 Å². The zero-order valence-corrected chi connectivity index (χ0v) is 16.7. The first-order valence-electron chi connectivity index (χ1n) is 9.40. The Balaban J connectivity index is 1.80. The van der Waals surface area contributed by atoms with Gasteiger partial charge in [-0.3, -0.25) is 19.7 Å². The van der Waals surface area contributed by atoms with Gasteiger partial charge in [0, 0.05) is 32.1 Å². The van der Waals surface area contributed by atoms with E-state index in [2.05, 4.69) is 5.32 Å². The van der Waals surface area contributed by atoms with Gasteiger partial charge in [0.05, 0.1) is 12.0 Å². The number of ether oxygens (including phenoxy) is 4. The normalized spacial score (nSPS) is 38.6. The van der Waals surface area contributed by atoms with Gasteiger partial charge in [-0.15, -0.1) is 11.8 Å². The molecule has 0 radical (unpaired) electrons. The van der Waals surface area contributed by atoms with Gasteiger partial charge < -0.3 is 18.9 Å². The Bertz CT molecular complexity index is 572. The molecule has 1 saturated carbocycles. The molecule has 0 spiro atoms. The van der Waals surface area contributed by atoms with Crippen molar-refractivity contribution in [1.29, 1.82) is 0 Å². The minimum atomic E-state index is -0.904. The molecule has 2 saturated heterocycles. The molecule has 3 unspecified atom stereocenters. The Labute approximate surface area is 163 Å². The van der Waals surface area contributed by atoms with Crippen molar-refractivity contribution in [1.82, 2.24) is 5.32 Å². The monoisotopic (exact) mass is 401 g/mol. The van der Waals surface area contributed by atoms with Crippen molar-refractivity contribution >= 4 is 29.7 Å². The number of fused-ring (bicyclic) bond motifs is 1. The molecule has 27 heavy (non-hydrogen) atoms. The summed E-state index contributed by atoms with van der Waals surface area (Å²) in [6, 6.07) is 0.411. The van der Waals surface area contributed by atoms with E-state index in [1.807, 2.05) is 0 Å². The van der Waals surface area contributed by atoms with Crippen molar-refractivity contribution < 1.29 is 33.3 Å². The van der Waals surface area contributed by atoms with Crippen LogP contribution < -0.4 is 5.32 Å². The molecular weight excluding hydrogens is 374 g/mol. The Morgan fingerprint density at radius 1 is 0.926 bits per heavy atom.